The van der Waals surface area contributed by atoms with Crippen molar-refractivity contribution in [2.24, 2.45) is 5.92 Å². The summed E-state index contributed by atoms with van der Waals surface area (Å²) in [6.07, 6.45) is 0.132. The topological polar surface area (TPSA) is 62.3 Å². The van der Waals surface area contributed by atoms with Crippen molar-refractivity contribution in [3.8, 4) is 0 Å². The predicted octanol–water partition coefficient (Wildman–Crippen LogP) is 3.74. The molecule has 1 aliphatic heterocycles. The fourth-order valence-corrected chi connectivity index (χ4v) is 4.01. The lowest BCUT2D eigenvalue weighted by Crippen LogP contribution is -2.28. The summed E-state index contributed by atoms with van der Waals surface area (Å²) in [7, 11) is 0. The van der Waals surface area contributed by atoms with Gasteiger partial charge in [0.2, 0.25) is 11.8 Å². The lowest BCUT2D eigenvalue weighted by Gasteiger charge is -2.16. The zero-order valence-electron chi connectivity index (χ0n) is 14.0. The number of anilines is 2. The first-order valence-corrected chi connectivity index (χ1v) is 9.05. The zero-order chi connectivity index (χ0) is 18.3. The number of rotatable bonds is 3. The molecule has 1 fully saturated rings. The quantitative estimate of drug-likeness (QED) is 0.765. The highest BCUT2D eigenvalue weighted by atomic mass is 32.1. The number of carbonyl (C=O) groups is 2. The Morgan fingerprint density at radius 3 is 2.81 bits per heavy atom. The Balaban J connectivity index is 1.48. The molecule has 0 radical (unpaired) electrons. The molecule has 2 aromatic carbocycles. The largest absolute Gasteiger partial charge is 0.312 e. The van der Waals surface area contributed by atoms with Crippen molar-refractivity contribution in [1.29, 1.82) is 0 Å². The smallest absolute Gasteiger partial charge is 0.231 e. The van der Waals surface area contributed by atoms with Crippen LogP contribution in [0.3, 0.4) is 0 Å². The molecule has 1 unspecified atom stereocenters. The van der Waals surface area contributed by atoms with Crippen LogP contribution in [0.2, 0.25) is 0 Å². The first-order valence-electron chi connectivity index (χ1n) is 8.23. The fraction of sp³-hybridized carbons (Fsp3) is 0.211. The Kier molecular flexibility index (Phi) is 4.16. The number of carbonyl (C=O) groups excluding carboxylic acids is 2. The Morgan fingerprint density at radius 2 is 2.04 bits per heavy atom. The Morgan fingerprint density at radius 1 is 1.27 bits per heavy atom. The van der Waals surface area contributed by atoms with Gasteiger partial charge in [-0.15, -0.1) is 0 Å². The molecule has 1 N–H and O–H groups in total. The molecule has 0 saturated carbocycles. The van der Waals surface area contributed by atoms with Crippen LogP contribution in [0.5, 0.6) is 0 Å². The first kappa shape index (κ1) is 16.7. The van der Waals surface area contributed by atoms with Gasteiger partial charge in [0.05, 0.1) is 16.1 Å². The fourth-order valence-electron chi connectivity index (χ4n) is 3.05. The molecule has 132 valence electrons. The molecule has 1 aromatic heterocycles. The number of benzene rings is 2. The maximum absolute atomic E-state index is 13.1. The summed E-state index contributed by atoms with van der Waals surface area (Å²) in [6, 6.07) is 11.6. The molecule has 1 atom stereocenters. The lowest BCUT2D eigenvalue weighted by molar-refractivity contribution is -0.122. The first-order chi connectivity index (χ1) is 12.5. The third-order valence-electron chi connectivity index (χ3n) is 4.41. The van der Waals surface area contributed by atoms with Gasteiger partial charge in [-0.05, 0) is 48.9 Å². The van der Waals surface area contributed by atoms with Crippen LogP contribution in [0.1, 0.15) is 12.0 Å². The maximum Gasteiger partial charge on any atom is 0.231 e. The van der Waals surface area contributed by atoms with Crippen molar-refractivity contribution in [1.82, 2.24) is 4.98 Å². The standard InChI is InChI=1S/C19H16FN3O2S/c1-11-2-7-15-16(8-11)26-19(21-15)22-18(25)12-9-17(24)23(10-12)14-5-3-13(20)4-6-14/h2-8,12H,9-10H2,1H3,(H,21,22,25). The summed E-state index contributed by atoms with van der Waals surface area (Å²) in [5, 5.41) is 3.35. The van der Waals surface area contributed by atoms with Crippen LogP contribution in [0, 0.1) is 18.7 Å². The number of nitrogens with zero attached hydrogens (tertiary/aromatic N) is 2. The van der Waals surface area contributed by atoms with E-state index in [0.29, 0.717) is 10.8 Å². The van der Waals surface area contributed by atoms with Crippen molar-refractivity contribution in [3.05, 3.63) is 53.8 Å². The number of halogens is 1. The van der Waals surface area contributed by atoms with Gasteiger partial charge in [-0.2, -0.15) is 0 Å². The van der Waals surface area contributed by atoms with Crippen molar-refractivity contribution in [2.45, 2.75) is 13.3 Å². The van der Waals surface area contributed by atoms with Crippen LogP contribution in [-0.2, 0) is 9.59 Å². The Labute approximate surface area is 153 Å². The highest BCUT2D eigenvalue weighted by molar-refractivity contribution is 7.22. The van der Waals surface area contributed by atoms with E-state index in [0.717, 1.165) is 15.8 Å². The molecule has 2 amide bonds. The van der Waals surface area contributed by atoms with E-state index in [1.807, 2.05) is 25.1 Å². The van der Waals surface area contributed by atoms with E-state index in [4.69, 9.17) is 0 Å². The van der Waals surface area contributed by atoms with Crippen molar-refractivity contribution in [2.75, 3.05) is 16.8 Å². The SMILES string of the molecule is Cc1ccc2nc(NC(=O)C3CC(=O)N(c4ccc(F)cc4)C3)sc2c1. The lowest BCUT2D eigenvalue weighted by atomic mass is 10.1. The molecule has 4 rings (SSSR count). The highest BCUT2D eigenvalue weighted by Crippen LogP contribution is 2.29. The number of hydrogen-bond donors (Lipinski definition) is 1. The summed E-state index contributed by atoms with van der Waals surface area (Å²) < 4.78 is 14.1. The average molecular weight is 369 g/mol. The summed E-state index contributed by atoms with van der Waals surface area (Å²) in [5.41, 5.74) is 2.57. The number of amides is 2. The summed E-state index contributed by atoms with van der Waals surface area (Å²) >= 11 is 1.41. The molecule has 0 spiro atoms. The molecule has 0 bridgehead atoms. The van der Waals surface area contributed by atoms with E-state index < -0.39 is 5.92 Å². The number of aryl methyl sites for hydroxylation is 1. The molecule has 5 nitrogen and oxygen atoms in total. The number of aromatic nitrogens is 1. The van der Waals surface area contributed by atoms with Gasteiger partial charge < -0.3 is 10.2 Å². The van der Waals surface area contributed by atoms with Crippen LogP contribution in [0.15, 0.2) is 42.5 Å². The summed E-state index contributed by atoms with van der Waals surface area (Å²) in [6.45, 7) is 2.28. The molecule has 1 saturated heterocycles. The van der Waals surface area contributed by atoms with Gasteiger partial charge in [0.25, 0.3) is 0 Å². The number of nitrogens with one attached hydrogen (secondary N) is 1. The van der Waals surface area contributed by atoms with Gasteiger partial charge in [-0.25, -0.2) is 9.37 Å². The molecular formula is C19H16FN3O2S. The maximum atomic E-state index is 13.1. The monoisotopic (exact) mass is 369 g/mol. The zero-order valence-corrected chi connectivity index (χ0v) is 14.8. The van der Waals surface area contributed by atoms with E-state index >= 15 is 0 Å². The third kappa shape index (κ3) is 3.17. The van der Waals surface area contributed by atoms with Gasteiger partial charge in [-0.3, -0.25) is 9.59 Å². The molecule has 26 heavy (non-hydrogen) atoms. The molecule has 3 aromatic rings. The third-order valence-corrected chi connectivity index (χ3v) is 5.34. The van der Waals surface area contributed by atoms with E-state index in [1.165, 1.54) is 28.4 Å². The normalized spacial score (nSPS) is 17.1. The van der Waals surface area contributed by atoms with Crippen LogP contribution < -0.4 is 10.2 Å². The van der Waals surface area contributed by atoms with E-state index in [-0.39, 0.29) is 30.6 Å². The second kappa shape index (κ2) is 6.49. The average Bonchev–Trinajstić information content (AvgIpc) is 3.18. The summed E-state index contributed by atoms with van der Waals surface area (Å²) in [5.74, 6) is -1.18. The Bertz CT molecular complexity index is 1000. The van der Waals surface area contributed by atoms with Gasteiger partial charge >= 0.3 is 0 Å². The number of thiazole rings is 1. The van der Waals surface area contributed by atoms with Crippen LogP contribution in [0.4, 0.5) is 15.2 Å². The van der Waals surface area contributed by atoms with Gasteiger partial charge in [0.1, 0.15) is 5.82 Å². The number of hydrogen-bond acceptors (Lipinski definition) is 4. The summed E-state index contributed by atoms with van der Waals surface area (Å²) in [4.78, 5) is 30.7. The van der Waals surface area contributed by atoms with Gasteiger partial charge in [0.15, 0.2) is 5.13 Å². The molecule has 2 heterocycles. The van der Waals surface area contributed by atoms with Gasteiger partial charge in [0, 0.05) is 18.7 Å². The molecular weight excluding hydrogens is 353 g/mol. The molecule has 1 aliphatic rings. The van der Waals surface area contributed by atoms with Crippen molar-refractivity contribution < 1.29 is 14.0 Å². The highest BCUT2D eigenvalue weighted by Gasteiger charge is 2.35. The minimum atomic E-state index is -0.457. The second-order valence-corrected chi connectivity index (χ2v) is 7.39. The van der Waals surface area contributed by atoms with Crippen molar-refractivity contribution >= 4 is 44.2 Å². The van der Waals surface area contributed by atoms with Crippen LogP contribution in [-0.4, -0.2) is 23.3 Å². The van der Waals surface area contributed by atoms with Crippen LogP contribution >= 0.6 is 11.3 Å². The minimum absolute atomic E-state index is 0.132. The van der Waals surface area contributed by atoms with Crippen LogP contribution in [0.25, 0.3) is 10.2 Å². The second-order valence-electron chi connectivity index (χ2n) is 6.36. The van der Waals surface area contributed by atoms with Gasteiger partial charge in [-0.1, -0.05) is 17.4 Å². The number of fused-ring (bicyclic) bond motifs is 1. The van der Waals surface area contributed by atoms with E-state index in [2.05, 4.69) is 10.3 Å². The Hall–Kier alpha value is -2.80. The van der Waals surface area contributed by atoms with Crippen molar-refractivity contribution in [3.63, 3.8) is 0 Å². The molecule has 7 heteroatoms. The minimum Gasteiger partial charge on any atom is -0.312 e. The molecule has 0 aliphatic carbocycles. The van der Waals surface area contributed by atoms with E-state index in [9.17, 15) is 14.0 Å². The predicted molar refractivity (Wildman–Crippen MR) is 99.8 cm³/mol. The van der Waals surface area contributed by atoms with E-state index in [1.54, 1.807) is 12.1 Å².